The monoisotopic (exact) mass is 345 g/mol. The summed E-state index contributed by atoms with van der Waals surface area (Å²) in [6.45, 7) is 7.10. The molecular formula is C20H31N3O2. The lowest BCUT2D eigenvalue weighted by molar-refractivity contribution is 0.126. The van der Waals surface area contributed by atoms with Gasteiger partial charge in [-0.25, -0.2) is 4.79 Å². The van der Waals surface area contributed by atoms with Crippen LogP contribution in [-0.2, 0) is 6.42 Å². The van der Waals surface area contributed by atoms with E-state index in [-0.39, 0.29) is 18.7 Å². The van der Waals surface area contributed by atoms with Gasteiger partial charge in [-0.3, -0.25) is 0 Å². The summed E-state index contributed by atoms with van der Waals surface area (Å²) in [5, 5.41) is 12.9. The largest absolute Gasteiger partial charge is 0.394 e. The summed E-state index contributed by atoms with van der Waals surface area (Å²) in [5.41, 5.74) is 2.33. The first-order valence-corrected chi connectivity index (χ1v) is 9.68. The minimum absolute atomic E-state index is 0.0279. The van der Waals surface area contributed by atoms with Gasteiger partial charge in [0.15, 0.2) is 0 Å². The first kappa shape index (κ1) is 18.2. The topological polar surface area (TPSA) is 55.8 Å². The lowest BCUT2D eigenvalue weighted by atomic mass is 9.93. The molecule has 1 aromatic rings. The maximum atomic E-state index is 12.6. The lowest BCUT2D eigenvalue weighted by Gasteiger charge is -2.36. The number of amides is 2. The molecule has 1 unspecified atom stereocenters. The van der Waals surface area contributed by atoms with E-state index in [1.54, 1.807) is 4.90 Å². The molecule has 25 heavy (non-hydrogen) atoms. The molecule has 0 radical (unpaired) electrons. The number of urea groups is 1. The zero-order valence-corrected chi connectivity index (χ0v) is 15.3. The summed E-state index contributed by atoms with van der Waals surface area (Å²) < 4.78 is 0. The molecule has 0 spiro atoms. The van der Waals surface area contributed by atoms with Crippen LogP contribution in [0.25, 0.3) is 0 Å². The molecule has 0 bridgehead atoms. The predicted molar refractivity (Wildman–Crippen MR) is 99.5 cm³/mol. The molecule has 5 nitrogen and oxygen atoms in total. The molecule has 2 heterocycles. The van der Waals surface area contributed by atoms with Crippen molar-refractivity contribution < 1.29 is 9.90 Å². The van der Waals surface area contributed by atoms with Gasteiger partial charge in [0, 0.05) is 13.1 Å². The van der Waals surface area contributed by atoms with Crippen molar-refractivity contribution in [3.05, 3.63) is 35.4 Å². The molecule has 0 aromatic heterocycles. The third-order valence-corrected chi connectivity index (χ3v) is 5.83. The lowest BCUT2D eigenvalue weighted by Crippen LogP contribution is -2.47. The van der Waals surface area contributed by atoms with Gasteiger partial charge in [0.25, 0.3) is 0 Å². The van der Waals surface area contributed by atoms with Crippen LogP contribution in [0.2, 0.25) is 0 Å². The van der Waals surface area contributed by atoms with Crippen molar-refractivity contribution in [1.82, 2.24) is 15.1 Å². The van der Waals surface area contributed by atoms with E-state index in [4.69, 9.17) is 0 Å². The second kappa shape index (κ2) is 8.68. The Morgan fingerprint density at radius 3 is 2.72 bits per heavy atom. The number of rotatable bonds is 5. The minimum atomic E-state index is -0.224. The maximum absolute atomic E-state index is 12.6. The third kappa shape index (κ3) is 4.33. The molecular weight excluding hydrogens is 314 g/mol. The number of carbonyl (C=O) groups is 1. The Morgan fingerprint density at radius 2 is 2.00 bits per heavy atom. The molecule has 2 amide bonds. The molecule has 1 saturated heterocycles. The van der Waals surface area contributed by atoms with Crippen LogP contribution in [0, 0.1) is 5.92 Å². The summed E-state index contributed by atoms with van der Waals surface area (Å²) in [7, 11) is 0. The predicted octanol–water partition coefficient (Wildman–Crippen LogP) is 2.41. The normalized spacial score (nSPS) is 21.8. The van der Waals surface area contributed by atoms with Crippen molar-refractivity contribution in [2.75, 3.05) is 39.3 Å². The van der Waals surface area contributed by atoms with E-state index in [1.807, 2.05) is 18.2 Å². The number of benzene rings is 1. The van der Waals surface area contributed by atoms with Crippen molar-refractivity contribution >= 4 is 6.03 Å². The molecule has 0 aliphatic carbocycles. The second-order valence-electron chi connectivity index (χ2n) is 7.24. The van der Waals surface area contributed by atoms with E-state index >= 15 is 0 Å². The summed E-state index contributed by atoms with van der Waals surface area (Å²) >= 11 is 0. The fourth-order valence-electron chi connectivity index (χ4n) is 4.17. The molecule has 1 fully saturated rings. The van der Waals surface area contributed by atoms with Crippen LogP contribution >= 0.6 is 0 Å². The summed E-state index contributed by atoms with van der Waals surface area (Å²) in [4.78, 5) is 16.9. The minimum Gasteiger partial charge on any atom is -0.394 e. The fraction of sp³-hybridized carbons (Fsp3) is 0.650. The van der Waals surface area contributed by atoms with Gasteiger partial charge in [-0.05, 0) is 62.4 Å². The highest BCUT2D eigenvalue weighted by molar-refractivity contribution is 5.75. The number of aliphatic hydroxyl groups is 1. The molecule has 2 aliphatic rings. The van der Waals surface area contributed by atoms with Crippen molar-refractivity contribution in [3.63, 3.8) is 0 Å². The van der Waals surface area contributed by atoms with Crippen molar-refractivity contribution in [2.45, 2.75) is 38.6 Å². The Balaban J connectivity index is 1.48. The van der Waals surface area contributed by atoms with Crippen LogP contribution < -0.4 is 5.32 Å². The number of hydrogen-bond acceptors (Lipinski definition) is 3. The van der Waals surface area contributed by atoms with Gasteiger partial charge in [0.1, 0.15) is 0 Å². The van der Waals surface area contributed by atoms with Crippen LogP contribution in [0.4, 0.5) is 4.79 Å². The van der Waals surface area contributed by atoms with Crippen molar-refractivity contribution in [3.8, 4) is 0 Å². The zero-order valence-electron chi connectivity index (χ0n) is 15.3. The van der Waals surface area contributed by atoms with Crippen LogP contribution in [0.1, 0.15) is 43.4 Å². The van der Waals surface area contributed by atoms with Gasteiger partial charge in [-0.2, -0.15) is 0 Å². The van der Waals surface area contributed by atoms with E-state index in [0.717, 1.165) is 37.4 Å². The quantitative estimate of drug-likeness (QED) is 0.862. The maximum Gasteiger partial charge on any atom is 0.318 e. The summed E-state index contributed by atoms with van der Waals surface area (Å²) in [6, 6.07) is 7.85. The van der Waals surface area contributed by atoms with Gasteiger partial charge < -0.3 is 20.2 Å². The number of nitrogens with one attached hydrogen (secondary N) is 1. The average molecular weight is 345 g/mol. The Labute approximate surface area is 151 Å². The number of aliphatic hydroxyl groups excluding tert-OH is 1. The van der Waals surface area contributed by atoms with Gasteiger partial charge in [-0.1, -0.05) is 31.2 Å². The molecule has 2 aliphatic heterocycles. The number of fused-ring (bicyclic) bond motifs is 1. The van der Waals surface area contributed by atoms with E-state index in [0.29, 0.717) is 6.54 Å². The number of carbonyl (C=O) groups excluding carboxylic acids is 1. The van der Waals surface area contributed by atoms with E-state index in [9.17, 15) is 9.90 Å². The Morgan fingerprint density at radius 1 is 1.24 bits per heavy atom. The van der Waals surface area contributed by atoms with Crippen molar-refractivity contribution in [1.29, 1.82) is 0 Å². The number of piperidine rings is 1. The summed E-state index contributed by atoms with van der Waals surface area (Å²) in [6.07, 6.45) is 4.38. The fourth-order valence-corrected chi connectivity index (χ4v) is 4.17. The zero-order chi connectivity index (χ0) is 17.6. The Hall–Kier alpha value is -1.59. The highest BCUT2D eigenvalue weighted by atomic mass is 16.3. The highest BCUT2D eigenvalue weighted by Crippen LogP contribution is 2.29. The molecule has 1 aromatic carbocycles. The van der Waals surface area contributed by atoms with E-state index < -0.39 is 0 Å². The van der Waals surface area contributed by atoms with Crippen LogP contribution in [0.15, 0.2) is 24.3 Å². The average Bonchev–Trinajstić information content (AvgIpc) is 2.67. The smallest absolute Gasteiger partial charge is 0.318 e. The third-order valence-electron chi connectivity index (χ3n) is 5.83. The van der Waals surface area contributed by atoms with Gasteiger partial charge >= 0.3 is 6.03 Å². The van der Waals surface area contributed by atoms with Crippen LogP contribution in [0.3, 0.4) is 0 Å². The van der Waals surface area contributed by atoms with Crippen LogP contribution in [0.5, 0.6) is 0 Å². The van der Waals surface area contributed by atoms with Gasteiger partial charge in [0.05, 0.1) is 12.6 Å². The first-order valence-electron chi connectivity index (χ1n) is 9.68. The number of nitrogens with zero attached hydrogens (tertiary/aromatic N) is 2. The van der Waals surface area contributed by atoms with Crippen LogP contribution in [-0.4, -0.2) is 60.3 Å². The molecule has 5 heteroatoms. The Bertz CT molecular complexity index is 570. The van der Waals surface area contributed by atoms with E-state index in [2.05, 4.69) is 23.2 Å². The molecule has 3 rings (SSSR count). The van der Waals surface area contributed by atoms with Gasteiger partial charge in [-0.15, -0.1) is 0 Å². The number of likely N-dealkylation sites (tertiary alicyclic amines) is 1. The SMILES string of the molecule is CCN1CCC(CCNC(=O)N2CCc3ccccc3C2CO)CC1. The van der Waals surface area contributed by atoms with Gasteiger partial charge in [0.2, 0.25) is 0 Å². The Kier molecular flexibility index (Phi) is 6.32. The molecule has 1 atom stereocenters. The standard InChI is InChI=1S/C20H31N3O2/c1-2-22-12-8-16(9-13-22)7-11-21-20(25)23-14-10-17-5-3-4-6-18(17)19(23)15-24/h3-6,16,19,24H,2,7-15H2,1H3,(H,21,25). The molecule has 2 N–H and O–H groups in total. The van der Waals surface area contributed by atoms with E-state index in [1.165, 1.54) is 31.5 Å². The second-order valence-corrected chi connectivity index (χ2v) is 7.24. The molecule has 138 valence electrons. The van der Waals surface area contributed by atoms with Crippen molar-refractivity contribution in [2.24, 2.45) is 5.92 Å². The number of hydrogen-bond donors (Lipinski definition) is 2. The summed E-state index contributed by atoms with van der Waals surface area (Å²) in [5.74, 6) is 0.721. The molecule has 0 saturated carbocycles. The first-order chi connectivity index (χ1) is 12.2. The highest BCUT2D eigenvalue weighted by Gasteiger charge is 2.30.